The average molecular weight is 361 g/mol. The Morgan fingerprint density at radius 1 is 1.23 bits per heavy atom. The van der Waals surface area contributed by atoms with Crippen molar-refractivity contribution in [2.75, 3.05) is 18.9 Å². The molecule has 1 aromatic rings. The first-order valence-electron chi connectivity index (χ1n) is 8.05. The van der Waals surface area contributed by atoms with Gasteiger partial charge in [0.05, 0.1) is 0 Å². The predicted molar refractivity (Wildman–Crippen MR) is 91.5 cm³/mol. The first-order chi connectivity index (χ1) is 10.7. The lowest BCUT2D eigenvalue weighted by Gasteiger charge is -2.26. The summed E-state index contributed by atoms with van der Waals surface area (Å²) in [5.74, 6) is 1.74. The Balaban J connectivity index is 1.56. The molecule has 4 heteroatoms. The van der Waals surface area contributed by atoms with Gasteiger partial charge in [0, 0.05) is 16.1 Å². The van der Waals surface area contributed by atoms with Gasteiger partial charge in [-0.15, -0.1) is 0 Å². The highest BCUT2D eigenvalue weighted by Crippen LogP contribution is 2.71. The maximum atomic E-state index is 12.9. The van der Waals surface area contributed by atoms with Gasteiger partial charge in [0.1, 0.15) is 0 Å². The molecule has 0 radical (unpaired) electrons. The number of allylic oxidation sites excluding steroid dienone is 2. The van der Waals surface area contributed by atoms with E-state index in [2.05, 4.69) is 38.7 Å². The molecule has 0 unspecified atom stereocenters. The highest BCUT2D eigenvalue weighted by molar-refractivity contribution is 9.10. The molecule has 0 heterocycles. The largest absolute Gasteiger partial charge is 0.326 e. The van der Waals surface area contributed by atoms with Crippen LogP contribution in [0.25, 0.3) is 0 Å². The van der Waals surface area contributed by atoms with E-state index in [1.54, 1.807) is 0 Å². The van der Waals surface area contributed by atoms with Crippen LogP contribution in [0.15, 0.2) is 40.9 Å². The van der Waals surface area contributed by atoms with Gasteiger partial charge >= 0.3 is 0 Å². The molecule has 0 aromatic heterocycles. The molecule has 4 rings (SSSR count). The number of anilines is 1. The summed E-state index contributed by atoms with van der Waals surface area (Å²) in [7, 11) is 1.99. The van der Waals surface area contributed by atoms with E-state index >= 15 is 0 Å². The van der Waals surface area contributed by atoms with Crippen LogP contribution in [-0.4, -0.2) is 19.5 Å². The second-order valence-electron chi connectivity index (χ2n) is 6.91. The van der Waals surface area contributed by atoms with Crippen molar-refractivity contribution in [3.05, 3.63) is 40.9 Å². The van der Waals surface area contributed by atoms with E-state index in [1.165, 1.54) is 12.8 Å². The van der Waals surface area contributed by atoms with Crippen molar-refractivity contribution in [1.29, 1.82) is 0 Å². The summed E-state index contributed by atoms with van der Waals surface area (Å²) in [5, 5.41) is 6.42. The lowest BCUT2D eigenvalue weighted by molar-refractivity contribution is -0.122. The van der Waals surface area contributed by atoms with Crippen LogP contribution in [0, 0.1) is 29.1 Å². The maximum Gasteiger partial charge on any atom is 0.228 e. The van der Waals surface area contributed by atoms with Crippen LogP contribution < -0.4 is 10.6 Å². The van der Waals surface area contributed by atoms with Gasteiger partial charge in [0.25, 0.3) is 0 Å². The van der Waals surface area contributed by atoms with Crippen LogP contribution >= 0.6 is 15.9 Å². The molecule has 3 aliphatic carbocycles. The lowest BCUT2D eigenvalue weighted by atomic mass is 9.82. The van der Waals surface area contributed by atoms with Crippen LogP contribution in [0.2, 0.25) is 0 Å². The zero-order valence-electron chi connectivity index (χ0n) is 12.7. The molecule has 1 aromatic carbocycles. The van der Waals surface area contributed by atoms with Gasteiger partial charge in [-0.3, -0.25) is 4.79 Å². The molecule has 22 heavy (non-hydrogen) atoms. The summed E-state index contributed by atoms with van der Waals surface area (Å²) in [6.07, 6.45) is 7.27. The zero-order valence-corrected chi connectivity index (χ0v) is 14.3. The number of benzene rings is 1. The smallest absolute Gasteiger partial charge is 0.228 e. The van der Waals surface area contributed by atoms with Crippen LogP contribution in [-0.2, 0) is 4.79 Å². The summed E-state index contributed by atoms with van der Waals surface area (Å²) in [4.78, 5) is 12.9. The fraction of sp³-hybridized carbons (Fsp3) is 0.500. The van der Waals surface area contributed by atoms with Crippen molar-refractivity contribution in [2.24, 2.45) is 29.1 Å². The minimum Gasteiger partial charge on any atom is -0.326 e. The van der Waals surface area contributed by atoms with E-state index < -0.39 is 0 Å². The highest BCUT2D eigenvalue weighted by Gasteiger charge is 2.67. The molecular formula is C18H21BrN2O. The monoisotopic (exact) mass is 360 g/mol. The predicted octanol–water partition coefficient (Wildman–Crippen LogP) is 3.44. The summed E-state index contributed by atoms with van der Waals surface area (Å²) >= 11 is 3.43. The minimum absolute atomic E-state index is 0.105. The summed E-state index contributed by atoms with van der Waals surface area (Å²) < 4.78 is 1.03. The third-order valence-corrected chi connectivity index (χ3v) is 6.37. The second-order valence-corrected chi connectivity index (χ2v) is 7.83. The first-order valence-corrected chi connectivity index (χ1v) is 8.84. The van der Waals surface area contributed by atoms with Crippen molar-refractivity contribution >= 4 is 27.5 Å². The number of hydrogen-bond acceptors (Lipinski definition) is 2. The molecular weight excluding hydrogens is 340 g/mol. The topological polar surface area (TPSA) is 41.1 Å². The van der Waals surface area contributed by atoms with Crippen LogP contribution in [0.5, 0.6) is 0 Å². The second kappa shape index (κ2) is 5.20. The van der Waals surface area contributed by atoms with E-state index in [4.69, 9.17) is 0 Å². The third kappa shape index (κ3) is 2.08. The standard InChI is InChI=1S/C18H21BrN2O/c1-20-10-13-14-6-7-15(18(14)8-9-18)16(13)17(22)21-12-4-2-11(19)3-5-12/h2-7,13-16,20H,8-10H2,1H3,(H,21,22)/t13-,14-,15+,16+/m1/s1. The molecule has 3 aliphatic rings. The van der Waals surface area contributed by atoms with Gasteiger partial charge in [0.2, 0.25) is 5.91 Å². The summed E-state index contributed by atoms with van der Waals surface area (Å²) in [5.41, 5.74) is 1.30. The number of amides is 1. The molecule has 2 fully saturated rings. The number of nitrogens with one attached hydrogen (secondary N) is 2. The van der Waals surface area contributed by atoms with Crippen molar-refractivity contribution in [2.45, 2.75) is 12.8 Å². The Hall–Kier alpha value is -1.13. The van der Waals surface area contributed by atoms with Crippen molar-refractivity contribution < 1.29 is 4.79 Å². The van der Waals surface area contributed by atoms with Crippen LogP contribution in [0.1, 0.15) is 12.8 Å². The summed E-state index contributed by atoms with van der Waals surface area (Å²) in [6.45, 7) is 0.922. The van der Waals surface area contributed by atoms with Crippen LogP contribution in [0.4, 0.5) is 5.69 Å². The number of carbonyl (C=O) groups is 1. The highest BCUT2D eigenvalue weighted by atomic mass is 79.9. The van der Waals surface area contributed by atoms with Gasteiger partial charge < -0.3 is 10.6 Å². The van der Waals surface area contributed by atoms with E-state index in [-0.39, 0.29) is 11.8 Å². The quantitative estimate of drug-likeness (QED) is 0.807. The van der Waals surface area contributed by atoms with Crippen molar-refractivity contribution in [3.8, 4) is 0 Å². The van der Waals surface area contributed by atoms with E-state index in [0.29, 0.717) is 23.2 Å². The maximum absolute atomic E-state index is 12.9. The average Bonchev–Trinajstić information content (AvgIpc) is 3.17. The molecule has 116 valence electrons. The molecule has 2 N–H and O–H groups in total. The van der Waals surface area contributed by atoms with Crippen molar-refractivity contribution in [3.63, 3.8) is 0 Å². The van der Waals surface area contributed by atoms with Gasteiger partial charge in [-0.1, -0.05) is 28.1 Å². The Labute approximate surface area is 139 Å². The Kier molecular flexibility index (Phi) is 3.42. The van der Waals surface area contributed by atoms with E-state index in [9.17, 15) is 4.79 Å². The van der Waals surface area contributed by atoms with E-state index in [0.717, 1.165) is 16.7 Å². The molecule has 2 saturated carbocycles. The Morgan fingerprint density at radius 2 is 1.91 bits per heavy atom. The van der Waals surface area contributed by atoms with Gasteiger partial charge in [-0.2, -0.15) is 0 Å². The molecule has 1 amide bonds. The summed E-state index contributed by atoms with van der Waals surface area (Å²) in [6, 6.07) is 7.82. The van der Waals surface area contributed by atoms with Gasteiger partial charge in [-0.25, -0.2) is 0 Å². The number of hydrogen-bond donors (Lipinski definition) is 2. The first kappa shape index (κ1) is 14.5. The van der Waals surface area contributed by atoms with Crippen LogP contribution in [0.3, 0.4) is 0 Å². The van der Waals surface area contributed by atoms with Gasteiger partial charge in [0.15, 0.2) is 0 Å². The Morgan fingerprint density at radius 3 is 2.55 bits per heavy atom. The molecule has 2 bridgehead atoms. The third-order valence-electron chi connectivity index (χ3n) is 5.84. The fourth-order valence-corrected chi connectivity index (χ4v) is 5.06. The molecule has 1 spiro atoms. The molecule has 0 aliphatic heterocycles. The zero-order chi connectivity index (χ0) is 15.3. The minimum atomic E-state index is 0.105. The molecule has 4 atom stereocenters. The molecule has 3 nitrogen and oxygen atoms in total. The van der Waals surface area contributed by atoms with Crippen molar-refractivity contribution in [1.82, 2.24) is 5.32 Å². The SMILES string of the molecule is CNC[C@H]1[C@H](C(=O)Nc2ccc(Br)cc2)[C@@H]2C=C[C@H]1C21CC1. The number of halogens is 1. The Bertz CT molecular complexity index is 620. The van der Waals surface area contributed by atoms with Gasteiger partial charge in [-0.05, 0) is 73.9 Å². The number of rotatable bonds is 4. The lowest BCUT2D eigenvalue weighted by Crippen LogP contribution is -2.37. The fourth-order valence-electron chi connectivity index (χ4n) is 4.80. The molecule has 0 saturated heterocycles. The number of carbonyl (C=O) groups excluding carboxylic acids is 1. The van der Waals surface area contributed by atoms with E-state index in [1.807, 2.05) is 31.3 Å². The normalized spacial score (nSPS) is 33.4.